The molecule has 0 aliphatic heterocycles. The quantitative estimate of drug-likeness (QED) is 0.571. The molecule has 22 heavy (non-hydrogen) atoms. The van der Waals surface area contributed by atoms with E-state index in [-0.39, 0.29) is 11.4 Å². The standard InChI is InChI=1S/C11H12N6O4S/c12-22(20,21)9-3-1-8(2-4-9)5-13-10(18)11(19)16-17-6-14-15-7-17/h1-4,6-7H,5H2,(H,13,18)(H,16,19)(H2,12,20,21). The molecule has 1 aromatic carbocycles. The predicted molar refractivity (Wildman–Crippen MR) is 74.1 cm³/mol. The zero-order chi connectivity index (χ0) is 16.2. The Morgan fingerprint density at radius 1 is 1.09 bits per heavy atom. The largest absolute Gasteiger partial charge is 0.344 e. The van der Waals surface area contributed by atoms with Crippen molar-refractivity contribution < 1.29 is 18.0 Å². The summed E-state index contributed by atoms with van der Waals surface area (Å²) in [5.74, 6) is -1.75. The highest BCUT2D eigenvalue weighted by molar-refractivity contribution is 7.89. The lowest BCUT2D eigenvalue weighted by molar-refractivity contribution is -0.136. The molecule has 116 valence electrons. The van der Waals surface area contributed by atoms with Gasteiger partial charge in [0, 0.05) is 6.54 Å². The van der Waals surface area contributed by atoms with E-state index in [1.165, 1.54) is 36.9 Å². The zero-order valence-electron chi connectivity index (χ0n) is 11.1. The number of primary sulfonamides is 1. The van der Waals surface area contributed by atoms with Gasteiger partial charge in [0.25, 0.3) is 0 Å². The fourth-order valence-corrected chi connectivity index (χ4v) is 2.00. The molecule has 11 heteroatoms. The number of hydrogen-bond acceptors (Lipinski definition) is 6. The maximum Gasteiger partial charge on any atom is 0.328 e. The number of nitrogens with two attached hydrogens (primary N) is 1. The summed E-state index contributed by atoms with van der Waals surface area (Å²) in [6.45, 7) is 0.0549. The third-order valence-electron chi connectivity index (χ3n) is 2.56. The summed E-state index contributed by atoms with van der Waals surface area (Å²) < 4.78 is 23.3. The molecule has 0 atom stereocenters. The number of rotatable bonds is 4. The van der Waals surface area contributed by atoms with Crippen LogP contribution in [0.4, 0.5) is 0 Å². The molecule has 4 N–H and O–H groups in total. The van der Waals surface area contributed by atoms with Gasteiger partial charge in [-0.15, -0.1) is 10.2 Å². The van der Waals surface area contributed by atoms with E-state index < -0.39 is 21.8 Å². The Hall–Kier alpha value is -2.79. The Morgan fingerprint density at radius 2 is 1.68 bits per heavy atom. The van der Waals surface area contributed by atoms with E-state index in [4.69, 9.17) is 5.14 Å². The Kier molecular flexibility index (Phi) is 4.48. The second-order valence-electron chi connectivity index (χ2n) is 4.18. The van der Waals surface area contributed by atoms with E-state index in [1.54, 1.807) is 0 Å². The van der Waals surface area contributed by atoms with Gasteiger partial charge in [0.2, 0.25) is 10.0 Å². The molecular formula is C11H12N6O4S. The molecule has 0 unspecified atom stereocenters. The van der Waals surface area contributed by atoms with Crippen LogP contribution in [0.2, 0.25) is 0 Å². The van der Waals surface area contributed by atoms with Gasteiger partial charge in [0.15, 0.2) is 0 Å². The Labute approximate surface area is 125 Å². The maximum absolute atomic E-state index is 11.6. The van der Waals surface area contributed by atoms with Gasteiger partial charge in [-0.3, -0.25) is 15.0 Å². The molecule has 0 spiro atoms. The van der Waals surface area contributed by atoms with Crippen molar-refractivity contribution in [2.24, 2.45) is 5.14 Å². The van der Waals surface area contributed by atoms with E-state index in [9.17, 15) is 18.0 Å². The number of amides is 2. The summed E-state index contributed by atoms with van der Waals surface area (Å²) in [7, 11) is -3.76. The molecule has 2 rings (SSSR count). The molecule has 1 aromatic heterocycles. The molecule has 0 fully saturated rings. The van der Waals surface area contributed by atoms with Crippen LogP contribution in [0.5, 0.6) is 0 Å². The van der Waals surface area contributed by atoms with Gasteiger partial charge in [-0.25, -0.2) is 18.2 Å². The molecule has 2 amide bonds. The maximum atomic E-state index is 11.6. The minimum atomic E-state index is -3.76. The number of carbonyl (C=O) groups excluding carboxylic acids is 2. The molecule has 2 aromatic rings. The van der Waals surface area contributed by atoms with Crippen molar-refractivity contribution in [2.75, 3.05) is 5.43 Å². The topological polar surface area (TPSA) is 149 Å². The molecule has 0 saturated carbocycles. The van der Waals surface area contributed by atoms with E-state index in [0.29, 0.717) is 5.56 Å². The van der Waals surface area contributed by atoms with Gasteiger partial charge < -0.3 is 5.32 Å². The van der Waals surface area contributed by atoms with Crippen LogP contribution in [0.1, 0.15) is 5.56 Å². The molecule has 0 saturated heterocycles. The van der Waals surface area contributed by atoms with Crippen molar-refractivity contribution in [1.29, 1.82) is 0 Å². The highest BCUT2D eigenvalue weighted by atomic mass is 32.2. The number of nitrogens with zero attached hydrogens (tertiary/aromatic N) is 3. The van der Waals surface area contributed by atoms with Crippen LogP contribution < -0.4 is 15.9 Å². The fourth-order valence-electron chi connectivity index (χ4n) is 1.49. The van der Waals surface area contributed by atoms with E-state index >= 15 is 0 Å². The third kappa shape index (κ3) is 4.10. The third-order valence-corrected chi connectivity index (χ3v) is 3.49. The minimum Gasteiger partial charge on any atom is -0.344 e. The first-order valence-electron chi connectivity index (χ1n) is 5.92. The molecule has 1 heterocycles. The molecule has 10 nitrogen and oxygen atoms in total. The smallest absolute Gasteiger partial charge is 0.328 e. The first kappa shape index (κ1) is 15.6. The summed E-state index contributed by atoms with van der Waals surface area (Å²) in [6, 6.07) is 5.59. The lowest BCUT2D eigenvalue weighted by Gasteiger charge is -2.06. The lowest BCUT2D eigenvalue weighted by atomic mass is 10.2. The number of nitrogens with one attached hydrogen (secondary N) is 2. The number of benzene rings is 1. The van der Waals surface area contributed by atoms with Gasteiger partial charge in [-0.05, 0) is 17.7 Å². The molecule has 0 aliphatic carbocycles. The average Bonchev–Trinajstić information content (AvgIpc) is 2.97. The van der Waals surface area contributed by atoms with E-state index in [1.807, 2.05) is 0 Å². The Bertz CT molecular complexity index is 769. The minimum absolute atomic E-state index is 0.0343. The van der Waals surface area contributed by atoms with E-state index in [2.05, 4.69) is 20.9 Å². The van der Waals surface area contributed by atoms with E-state index in [0.717, 1.165) is 4.68 Å². The lowest BCUT2D eigenvalue weighted by Crippen LogP contribution is -2.38. The van der Waals surface area contributed by atoms with Crippen LogP contribution in [-0.4, -0.2) is 35.1 Å². The first-order valence-corrected chi connectivity index (χ1v) is 7.46. The summed E-state index contributed by atoms with van der Waals surface area (Å²) >= 11 is 0. The van der Waals surface area contributed by atoms with Gasteiger partial charge in [0.1, 0.15) is 12.7 Å². The van der Waals surface area contributed by atoms with Crippen molar-refractivity contribution in [2.45, 2.75) is 11.4 Å². The van der Waals surface area contributed by atoms with Crippen LogP contribution in [0.25, 0.3) is 0 Å². The molecule has 0 bridgehead atoms. The van der Waals surface area contributed by atoms with Gasteiger partial charge in [-0.2, -0.15) is 0 Å². The molecule has 0 aliphatic rings. The van der Waals surface area contributed by atoms with Gasteiger partial charge in [0.05, 0.1) is 4.90 Å². The second kappa shape index (κ2) is 6.32. The van der Waals surface area contributed by atoms with Crippen LogP contribution in [0.3, 0.4) is 0 Å². The van der Waals surface area contributed by atoms with Crippen molar-refractivity contribution in [3.63, 3.8) is 0 Å². The number of carbonyl (C=O) groups is 2. The Balaban J connectivity index is 1.89. The van der Waals surface area contributed by atoms with Crippen molar-refractivity contribution in [1.82, 2.24) is 20.2 Å². The zero-order valence-corrected chi connectivity index (χ0v) is 11.9. The SMILES string of the molecule is NS(=O)(=O)c1ccc(CNC(=O)C(=O)Nn2cnnc2)cc1. The second-order valence-corrected chi connectivity index (χ2v) is 5.74. The monoisotopic (exact) mass is 324 g/mol. The van der Waals surface area contributed by atoms with Crippen molar-refractivity contribution in [3.8, 4) is 0 Å². The predicted octanol–water partition coefficient (Wildman–Crippen LogP) is -1.69. The average molecular weight is 324 g/mol. The summed E-state index contributed by atoms with van der Waals surface area (Å²) in [4.78, 5) is 23.1. The fraction of sp³-hybridized carbons (Fsp3) is 0.0909. The molecular weight excluding hydrogens is 312 g/mol. The highest BCUT2D eigenvalue weighted by Crippen LogP contribution is 2.08. The Morgan fingerprint density at radius 3 is 2.23 bits per heavy atom. The molecule has 0 radical (unpaired) electrons. The summed E-state index contributed by atoms with van der Waals surface area (Å²) in [6.07, 6.45) is 2.44. The van der Waals surface area contributed by atoms with Crippen LogP contribution >= 0.6 is 0 Å². The summed E-state index contributed by atoms with van der Waals surface area (Å²) in [5, 5.41) is 14.3. The van der Waals surface area contributed by atoms with Crippen molar-refractivity contribution >= 4 is 21.8 Å². The van der Waals surface area contributed by atoms with Gasteiger partial charge >= 0.3 is 11.8 Å². The van der Waals surface area contributed by atoms with Crippen molar-refractivity contribution in [3.05, 3.63) is 42.5 Å². The van der Waals surface area contributed by atoms with Crippen LogP contribution in [0.15, 0.2) is 41.8 Å². The normalized spacial score (nSPS) is 11.0. The number of hydrogen-bond donors (Lipinski definition) is 3. The number of sulfonamides is 1. The highest BCUT2D eigenvalue weighted by Gasteiger charge is 2.13. The van der Waals surface area contributed by atoms with Crippen LogP contribution in [-0.2, 0) is 26.2 Å². The number of aromatic nitrogens is 3. The first-order chi connectivity index (χ1) is 10.4. The summed E-state index contributed by atoms with van der Waals surface area (Å²) in [5.41, 5.74) is 2.84. The van der Waals surface area contributed by atoms with Crippen LogP contribution in [0, 0.1) is 0 Å². The van der Waals surface area contributed by atoms with Gasteiger partial charge in [-0.1, -0.05) is 12.1 Å².